The van der Waals surface area contributed by atoms with Crippen LogP contribution in [0.25, 0.3) is 33.2 Å². The van der Waals surface area contributed by atoms with E-state index in [4.69, 9.17) is 30.2 Å². The number of aldehydes is 1. The van der Waals surface area contributed by atoms with Crippen molar-refractivity contribution in [2.75, 3.05) is 13.1 Å². The Labute approximate surface area is 370 Å². The Morgan fingerprint density at radius 2 is 1.02 bits per heavy atom. The number of carbonyl (C=O) groups is 1. The number of benzene rings is 6. The fraction of sp³-hybridized carbons (Fsp3) is 0.192. The van der Waals surface area contributed by atoms with Crippen molar-refractivity contribution < 1.29 is 4.79 Å². The maximum Gasteiger partial charge on any atom is 0.150 e. The van der Waals surface area contributed by atoms with Gasteiger partial charge in [0.2, 0.25) is 0 Å². The van der Waals surface area contributed by atoms with Crippen molar-refractivity contribution in [1.29, 1.82) is 0 Å². The van der Waals surface area contributed by atoms with Gasteiger partial charge in [0.25, 0.3) is 0 Å². The van der Waals surface area contributed by atoms with Crippen molar-refractivity contribution in [3.63, 3.8) is 0 Å². The van der Waals surface area contributed by atoms with E-state index >= 15 is 0 Å². The Bertz CT molecular complexity index is 2790. The van der Waals surface area contributed by atoms with Crippen molar-refractivity contribution in [3.8, 4) is 11.4 Å². The molecule has 0 aliphatic heterocycles. The van der Waals surface area contributed by atoms with Crippen LogP contribution in [0, 0.1) is 41.5 Å². The van der Waals surface area contributed by atoms with E-state index < -0.39 is 0 Å². The number of nitrogens with two attached hydrogens (primary N) is 1. The smallest absolute Gasteiger partial charge is 0.150 e. The van der Waals surface area contributed by atoms with Gasteiger partial charge in [0, 0.05) is 64.1 Å². The molecular weight excluding hydrogens is 789 g/mol. The molecule has 0 bridgehead atoms. The minimum atomic E-state index is 0.503. The van der Waals surface area contributed by atoms with Gasteiger partial charge in [-0.25, -0.2) is 9.36 Å². The van der Waals surface area contributed by atoms with Crippen molar-refractivity contribution in [2.24, 2.45) is 10.7 Å². The molecule has 2 heterocycles. The third-order valence-corrected chi connectivity index (χ3v) is 11.1. The number of fused-ring (bicyclic) bond motifs is 2. The van der Waals surface area contributed by atoms with E-state index in [-0.39, 0.29) is 0 Å². The van der Waals surface area contributed by atoms with Crippen LogP contribution in [0.4, 0.5) is 0 Å². The first kappa shape index (κ1) is 44.3. The van der Waals surface area contributed by atoms with Crippen LogP contribution < -0.4 is 5.73 Å². The first-order valence-electron chi connectivity index (χ1n) is 20.3. The average Bonchev–Trinajstić information content (AvgIpc) is 3.89. The molecule has 0 radical (unpaired) electrons. The number of carbonyl (C=O) groups excluding carboxylic acids is 1. The Morgan fingerprint density at radius 1 is 0.590 bits per heavy atom. The van der Waals surface area contributed by atoms with Gasteiger partial charge in [-0.2, -0.15) is 10.2 Å². The van der Waals surface area contributed by atoms with Gasteiger partial charge in [-0.15, -0.1) is 0 Å². The number of hydrogen-bond acceptors (Lipinski definition) is 7. The molecular formula is C52H52N6OS2. The SMILES string of the molecule is Cc1ccc(-n2cc3cc(C=NCC(=S)Cc4c(C)cccc4C)ccc3n2)cc1.Cc1ccc(-n2cc3cc(C=O)ccc3n2)cc1.Cc1cccc(C)c1CC(=S)CN. The molecule has 308 valence electrons. The molecule has 7 nitrogen and oxygen atoms in total. The molecule has 0 aliphatic rings. The third-order valence-electron chi connectivity index (χ3n) is 10.6. The maximum atomic E-state index is 10.7. The van der Waals surface area contributed by atoms with Crippen LogP contribution in [0.2, 0.25) is 0 Å². The zero-order valence-electron chi connectivity index (χ0n) is 35.7. The van der Waals surface area contributed by atoms with Gasteiger partial charge in [0.15, 0.2) is 0 Å². The molecule has 0 spiro atoms. The lowest BCUT2D eigenvalue weighted by Crippen LogP contribution is -2.14. The number of aliphatic imine (C=N–C) groups is 1. The van der Waals surface area contributed by atoms with Crippen molar-refractivity contribution in [2.45, 2.75) is 54.4 Å². The highest BCUT2D eigenvalue weighted by molar-refractivity contribution is 7.80. The van der Waals surface area contributed by atoms with Gasteiger partial charge >= 0.3 is 0 Å². The Balaban J connectivity index is 0.000000170. The number of thiocarbonyl (C=S) groups is 2. The van der Waals surface area contributed by atoms with E-state index in [1.165, 1.54) is 44.5 Å². The minimum absolute atomic E-state index is 0.503. The summed E-state index contributed by atoms with van der Waals surface area (Å²) in [5.74, 6) is 0. The molecule has 0 fully saturated rings. The Morgan fingerprint density at radius 3 is 1.46 bits per heavy atom. The molecule has 2 aromatic heterocycles. The molecule has 2 N–H and O–H groups in total. The summed E-state index contributed by atoms with van der Waals surface area (Å²) in [5.41, 5.74) is 21.4. The standard InChI is InChI=1S/C26H25N3S.C15H12N2O.C11H15NS/c1-18-7-10-23(11-8-18)29-17-22-13-21(9-12-26(22)28-29)15-27-16-24(30)14-25-19(2)5-4-6-20(25)3;1-11-2-5-14(6-3-11)17-9-13-8-12(10-18)4-7-15(13)16-17;1-8-4-3-5-9(2)11(8)6-10(13)7-12/h4-13,15,17H,14,16H2,1-3H3;2-10H,1H3;3-5H,6-7,12H2,1-2H3. The average molecular weight is 841 g/mol. The second-order valence-electron chi connectivity index (χ2n) is 15.4. The molecule has 0 saturated carbocycles. The largest absolute Gasteiger partial charge is 0.326 e. The van der Waals surface area contributed by atoms with Gasteiger partial charge in [0.05, 0.1) is 29.0 Å². The fourth-order valence-electron chi connectivity index (χ4n) is 6.93. The van der Waals surface area contributed by atoms with Gasteiger partial charge in [-0.05, 0) is 135 Å². The lowest BCUT2D eigenvalue weighted by Gasteiger charge is -2.09. The van der Waals surface area contributed by atoms with Crippen molar-refractivity contribution in [1.82, 2.24) is 19.6 Å². The van der Waals surface area contributed by atoms with Crippen LogP contribution in [0.1, 0.15) is 60.4 Å². The molecule has 0 saturated heterocycles. The molecule has 8 rings (SSSR count). The minimum Gasteiger partial charge on any atom is -0.326 e. The van der Waals surface area contributed by atoms with Gasteiger partial charge < -0.3 is 5.73 Å². The first-order valence-corrected chi connectivity index (χ1v) is 21.1. The molecule has 61 heavy (non-hydrogen) atoms. The normalized spacial score (nSPS) is 10.9. The number of rotatable bonds is 11. The quantitative estimate of drug-likeness (QED) is 0.0792. The summed E-state index contributed by atoms with van der Waals surface area (Å²) in [6.45, 7) is 13.7. The van der Waals surface area contributed by atoms with Gasteiger partial charge in [-0.3, -0.25) is 9.79 Å². The molecule has 9 heteroatoms. The highest BCUT2D eigenvalue weighted by atomic mass is 32.1. The summed E-state index contributed by atoms with van der Waals surface area (Å²) < 4.78 is 3.75. The first-order chi connectivity index (χ1) is 29.4. The van der Waals surface area contributed by atoms with Gasteiger partial charge in [0.1, 0.15) is 6.29 Å². The highest BCUT2D eigenvalue weighted by Crippen LogP contribution is 2.20. The van der Waals surface area contributed by atoms with Crippen LogP contribution >= 0.6 is 24.4 Å². The van der Waals surface area contributed by atoms with E-state index in [1.807, 2.05) is 58.2 Å². The number of aryl methyl sites for hydroxylation is 6. The molecule has 0 aliphatic carbocycles. The lowest BCUT2D eigenvalue weighted by molar-refractivity contribution is 0.112. The highest BCUT2D eigenvalue weighted by Gasteiger charge is 2.08. The van der Waals surface area contributed by atoms with Crippen LogP contribution in [-0.2, 0) is 12.8 Å². The van der Waals surface area contributed by atoms with E-state index in [2.05, 4.69) is 142 Å². The maximum absolute atomic E-state index is 10.7. The Kier molecular flexibility index (Phi) is 15.1. The van der Waals surface area contributed by atoms with E-state index in [0.29, 0.717) is 18.7 Å². The summed E-state index contributed by atoms with van der Waals surface area (Å²) in [6.07, 6.45) is 8.39. The molecule has 6 aromatic carbocycles. The van der Waals surface area contributed by atoms with Crippen LogP contribution in [-0.4, -0.2) is 54.9 Å². The second kappa shape index (κ2) is 20.8. The summed E-state index contributed by atoms with van der Waals surface area (Å²) in [7, 11) is 0. The summed E-state index contributed by atoms with van der Waals surface area (Å²) in [6, 6.07) is 40.9. The monoisotopic (exact) mass is 840 g/mol. The number of nitrogens with zero attached hydrogens (tertiary/aromatic N) is 5. The van der Waals surface area contributed by atoms with Crippen molar-refractivity contribution in [3.05, 3.63) is 189 Å². The molecule has 0 amide bonds. The summed E-state index contributed by atoms with van der Waals surface area (Å²) in [4.78, 5) is 17.2. The fourth-order valence-corrected chi connectivity index (χ4v) is 7.30. The predicted molar refractivity (Wildman–Crippen MR) is 263 cm³/mol. The second-order valence-corrected chi connectivity index (χ2v) is 16.6. The number of hydrogen-bond donors (Lipinski definition) is 1. The topological polar surface area (TPSA) is 91.1 Å². The third kappa shape index (κ3) is 11.9. The molecule has 8 aromatic rings. The molecule has 0 unspecified atom stereocenters. The van der Waals surface area contributed by atoms with Crippen LogP contribution in [0.5, 0.6) is 0 Å². The van der Waals surface area contributed by atoms with Crippen molar-refractivity contribution >= 4 is 68.5 Å². The van der Waals surface area contributed by atoms with E-state index in [1.54, 1.807) is 6.07 Å². The summed E-state index contributed by atoms with van der Waals surface area (Å²) >= 11 is 10.7. The summed E-state index contributed by atoms with van der Waals surface area (Å²) in [5, 5.41) is 11.2. The zero-order chi connectivity index (χ0) is 43.5. The Hall–Kier alpha value is -6.26. The zero-order valence-corrected chi connectivity index (χ0v) is 37.4. The van der Waals surface area contributed by atoms with E-state index in [9.17, 15) is 4.79 Å². The van der Waals surface area contributed by atoms with Gasteiger partial charge in [-0.1, -0.05) is 102 Å². The lowest BCUT2D eigenvalue weighted by atomic mass is 9.99. The number of aromatic nitrogens is 4. The predicted octanol–water partition coefficient (Wildman–Crippen LogP) is 11.3. The van der Waals surface area contributed by atoms with Crippen LogP contribution in [0.15, 0.2) is 139 Å². The van der Waals surface area contributed by atoms with Crippen LogP contribution in [0.3, 0.4) is 0 Å². The van der Waals surface area contributed by atoms with E-state index in [0.717, 1.165) is 67.6 Å². The molecule has 0 atom stereocenters.